The number of rotatable bonds is 4. The van der Waals surface area contributed by atoms with Crippen molar-refractivity contribution in [3.05, 3.63) is 64.2 Å². The van der Waals surface area contributed by atoms with Crippen molar-refractivity contribution in [2.45, 2.75) is 19.0 Å². The van der Waals surface area contributed by atoms with Crippen molar-refractivity contribution in [1.82, 2.24) is 10.2 Å². The Morgan fingerprint density at radius 2 is 1.92 bits per heavy atom. The van der Waals surface area contributed by atoms with Crippen LogP contribution in [0.3, 0.4) is 0 Å². The summed E-state index contributed by atoms with van der Waals surface area (Å²) < 4.78 is 5.28. The molecule has 6 nitrogen and oxygen atoms in total. The molecule has 1 heterocycles. The van der Waals surface area contributed by atoms with E-state index in [1.54, 1.807) is 49.4 Å². The van der Waals surface area contributed by atoms with Gasteiger partial charge in [0.15, 0.2) is 0 Å². The number of hydrogen-bond donors (Lipinski definition) is 1. The molecule has 0 saturated carbocycles. The van der Waals surface area contributed by atoms with Crippen LogP contribution in [0.25, 0.3) is 0 Å². The highest BCUT2D eigenvalue weighted by Gasteiger charge is 2.49. The zero-order chi connectivity index (χ0) is 18.9. The number of urea groups is 1. The molecule has 7 heteroatoms. The van der Waals surface area contributed by atoms with Gasteiger partial charge in [0, 0.05) is 10.6 Å². The Hall–Kier alpha value is -3.04. The molecule has 0 aromatic heterocycles. The van der Waals surface area contributed by atoms with Crippen molar-refractivity contribution in [1.29, 1.82) is 5.26 Å². The van der Waals surface area contributed by atoms with Gasteiger partial charge in [0.05, 0.1) is 25.3 Å². The third-order valence-corrected chi connectivity index (χ3v) is 4.67. The lowest BCUT2D eigenvalue weighted by Gasteiger charge is -2.22. The summed E-state index contributed by atoms with van der Waals surface area (Å²) in [5.74, 6) is 0.163. The molecule has 1 atom stereocenters. The van der Waals surface area contributed by atoms with E-state index in [1.165, 1.54) is 7.11 Å². The largest absolute Gasteiger partial charge is 0.496 e. The lowest BCUT2D eigenvalue weighted by molar-refractivity contribution is -0.131. The second-order valence-corrected chi connectivity index (χ2v) is 6.53. The van der Waals surface area contributed by atoms with Crippen molar-refractivity contribution >= 4 is 23.5 Å². The summed E-state index contributed by atoms with van der Waals surface area (Å²) in [6.07, 6.45) is 0. The number of carbonyl (C=O) groups excluding carboxylic acids is 2. The number of methoxy groups -OCH3 is 1. The van der Waals surface area contributed by atoms with Gasteiger partial charge in [0.25, 0.3) is 5.91 Å². The Bertz CT molecular complexity index is 921. The predicted octanol–water partition coefficient (Wildman–Crippen LogP) is 3.19. The number of ether oxygens (including phenoxy) is 1. The number of imide groups is 1. The number of amides is 3. The smallest absolute Gasteiger partial charge is 0.325 e. The molecular weight excluding hydrogens is 354 g/mol. The molecule has 1 aliphatic heterocycles. The highest BCUT2D eigenvalue weighted by atomic mass is 35.5. The van der Waals surface area contributed by atoms with Crippen LogP contribution in [0.2, 0.25) is 5.02 Å². The second-order valence-electron chi connectivity index (χ2n) is 6.09. The summed E-state index contributed by atoms with van der Waals surface area (Å²) in [6, 6.07) is 13.1. The number of nitriles is 1. The van der Waals surface area contributed by atoms with Crippen LogP contribution < -0.4 is 10.1 Å². The maximum atomic E-state index is 13.0. The maximum absolute atomic E-state index is 13.0. The molecule has 2 aromatic rings. The van der Waals surface area contributed by atoms with E-state index in [1.807, 2.05) is 6.07 Å². The normalized spacial score (nSPS) is 19.2. The lowest BCUT2D eigenvalue weighted by Crippen LogP contribution is -2.40. The van der Waals surface area contributed by atoms with Crippen LogP contribution in [0.1, 0.15) is 23.6 Å². The van der Waals surface area contributed by atoms with Gasteiger partial charge in [-0.15, -0.1) is 0 Å². The van der Waals surface area contributed by atoms with E-state index in [0.29, 0.717) is 27.5 Å². The molecule has 1 saturated heterocycles. The summed E-state index contributed by atoms with van der Waals surface area (Å²) in [5, 5.41) is 12.1. The zero-order valence-corrected chi connectivity index (χ0v) is 15.0. The van der Waals surface area contributed by atoms with Crippen molar-refractivity contribution in [3.63, 3.8) is 0 Å². The first-order valence-corrected chi connectivity index (χ1v) is 8.24. The highest BCUT2D eigenvalue weighted by Crippen LogP contribution is 2.32. The molecule has 0 aliphatic carbocycles. The minimum absolute atomic E-state index is 0.0419. The minimum atomic E-state index is -1.20. The molecule has 0 radical (unpaired) electrons. The third-order valence-electron chi connectivity index (χ3n) is 4.44. The molecule has 2 aromatic carbocycles. The average molecular weight is 370 g/mol. The highest BCUT2D eigenvalue weighted by molar-refractivity contribution is 6.30. The van der Waals surface area contributed by atoms with Gasteiger partial charge in [-0.1, -0.05) is 23.7 Å². The van der Waals surface area contributed by atoms with Crippen molar-refractivity contribution in [3.8, 4) is 11.8 Å². The topological polar surface area (TPSA) is 82.4 Å². The monoisotopic (exact) mass is 369 g/mol. The van der Waals surface area contributed by atoms with Crippen LogP contribution in [0, 0.1) is 11.3 Å². The molecule has 1 N–H and O–H groups in total. The lowest BCUT2D eigenvalue weighted by atomic mass is 9.91. The number of halogens is 1. The van der Waals surface area contributed by atoms with Gasteiger partial charge in [-0.25, -0.2) is 4.79 Å². The minimum Gasteiger partial charge on any atom is -0.496 e. The van der Waals surface area contributed by atoms with E-state index in [2.05, 4.69) is 5.32 Å². The molecule has 1 unspecified atom stereocenters. The second kappa shape index (κ2) is 6.70. The van der Waals surface area contributed by atoms with Crippen LogP contribution in [0.5, 0.6) is 5.75 Å². The van der Waals surface area contributed by atoms with E-state index in [-0.39, 0.29) is 12.5 Å². The number of nitrogens with zero attached hydrogens (tertiary/aromatic N) is 2. The van der Waals surface area contributed by atoms with Gasteiger partial charge in [0.2, 0.25) is 0 Å². The van der Waals surface area contributed by atoms with Crippen LogP contribution in [-0.2, 0) is 16.9 Å². The standard InChI is InChI=1S/C19H16ClN3O3/c1-19(14-5-3-12(10-21)4-6-14)17(24)23(18(25)22-19)11-13-9-15(20)7-8-16(13)26-2/h3-9H,11H2,1-2H3,(H,22,25). The van der Waals surface area contributed by atoms with Crippen LogP contribution >= 0.6 is 11.6 Å². The fourth-order valence-corrected chi connectivity index (χ4v) is 3.15. The molecule has 3 amide bonds. The van der Waals surface area contributed by atoms with E-state index in [9.17, 15) is 9.59 Å². The Kier molecular flexibility index (Phi) is 4.58. The van der Waals surface area contributed by atoms with E-state index in [4.69, 9.17) is 21.6 Å². The van der Waals surface area contributed by atoms with Gasteiger partial charge < -0.3 is 10.1 Å². The Balaban J connectivity index is 1.91. The van der Waals surface area contributed by atoms with E-state index >= 15 is 0 Å². The van der Waals surface area contributed by atoms with Crippen LogP contribution in [0.15, 0.2) is 42.5 Å². The predicted molar refractivity (Wildman–Crippen MR) is 95.6 cm³/mol. The number of nitrogens with one attached hydrogen (secondary N) is 1. The summed E-state index contributed by atoms with van der Waals surface area (Å²) in [4.78, 5) is 26.6. The number of hydrogen-bond acceptors (Lipinski definition) is 4. The van der Waals surface area contributed by atoms with Gasteiger partial charge in [-0.3, -0.25) is 9.69 Å². The molecule has 132 valence electrons. The summed E-state index contributed by atoms with van der Waals surface area (Å²) >= 11 is 6.03. The maximum Gasteiger partial charge on any atom is 0.325 e. The third kappa shape index (κ3) is 2.98. The Labute approximate surface area is 155 Å². The summed E-state index contributed by atoms with van der Waals surface area (Å²) in [6.45, 7) is 1.68. The Morgan fingerprint density at radius 1 is 1.23 bits per heavy atom. The van der Waals surface area contributed by atoms with Crippen LogP contribution in [0.4, 0.5) is 4.79 Å². The molecule has 0 bridgehead atoms. The SMILES string of the molecule is COc1ccc(Cl)cc1CN1C(=O)NC(C)(c2ccc(C#N)cc2)C1=O. The first-order valence-electron chi connectivity index (χ1n) is 7.86. The number of benzene rings is 2. The van der Waals surface area contributed by atoms with Gasteiger partial charge >= 0.3 is 6.03 Å². The van der Waals surface area contributed by atoms with Crippen molar-refractivity contribution in [2.24, 2.45) is 0 Å². The Morgan fingerprint density at radius 3 is 2.54 bits per heavy atom. The zero-order valence-electron chi connectivity index (χ0n) is 14.2. The van der Waals surface area contributed by atoms with Crippen molar-refractivity contribution < 1.29 is 14.3 Å². The quantitative estimate of drug-likeness (QED) is 0.839. The number of carbonyl (C=O) groups is 2. The van der Waals surface area contributed by atoms with Gasteiger partial charge in [-0.05, 0) is 42.8 Å². The van der Waals surface area contributed by atoms with Gasteiger partial charge in [0.1, 0.15) is 11.3 Å². The average Bonchev–Trinajstić information content (AvgIpc) is 2.86. The summed E-state index contributed by atoms with van der Waals surface area (Å²) in [5.41, 5.74) is 0.522. The molecule has 0 spiro atoms. The molecule has 26 heavy (non-hydrogen) atoms. The molecular formula is C19H16ClN3O3. The fourth-order valence-electron chi connectivity index (χ4n) is 2.96. The van der Waals surface area contributed by atoms with E-state index in [0.717, 1.165) is 4.90 Å². The first kappa shape index (κ1) is 17.8. The molecule has 1 fully saturated rings. The molecule has 3 rings (SSSR count). The van der Waals surface area contributed by atoms with E-state index < -0.39 is 11.6 Å². The fraction of sp³-hybridized carbons (Fsp3) is 0.211. The van der Waals surface area contributed by atoms with Crippen molar-refractivity contribution in [2.75, 3.05) is 7.11 Å². The van der Waals surface area contributed by atoms with Crippen LogP contribution in [-0.4, -0.2) is 23.9 Å². The summed E-state index contributed by atoms with van der Waals surface area (Å²) in [7, 11) is 1.51. The van der Waals surface area contributed by atoms with Gasteiger partial charge in [-0.2, -0.15) is 5.26 Å². The molecule has 1 aliphatic rings. The first-order chi connectivity index (χ1) is 12.4.